The number of nitrogens with zero attached hydrogens (tertiary/aromatic N) is 6. The molecule has 0 spiro atoms. The first-order valence-corrected chi connectivity index (χ1v) is 24.7. The number of hydrogen-bond donors (Lipinski definition) is 2. The molecule has 382 valence electrons. The molecule has 0 aliphatic rings. The van der Waals surface area contributed by atoms with Crippen molar-refractivity contribution in [2.24, 2.45) is 0 Å². The first-order chi connectivity index (χ1) is 37.6. The zero-order valence-corrected chi connectivity index (χ0v) is 42.4. The molecule has 2 N–H and O–H groups in total. The van der Waals surface area contributed by atoms with Gasteiger partial charge in [0.1, 0.15) is 19.5 Å². The molecule has 0 aliphatic carbocycles. The van der Waals surface area contributed by atoms with Crippen molar-refractivity contribution in [2.75, 3.05) is 6.07 Å². The number of nitrogens with one attached hydrogen (secondary N) is 2. The maximum absolute atomic E-state index is 11.2. The molecular weight excluding hydrogens is 972 g/mol. The lowest BCUT2D eigenvalue weighted by atomic mass is 10.1. The number of alkyl halides is 1. The maximum Gasteiger partial charge on any atom is 0.166 e. The van der Waals surface area contributed by atoms with Gasteiger partial charge in [-0.2, -0.15) is 0 Å². The minimum absolute atomic E-state index is 0.259. The Morgan fingerprint density at radius 3 is 1.38 bits per heavy atom. The van der Waals surface area contributed by atoms with E-state index in [1.807, 2.05) is 180 Å². The fourth-order valence-corrected chi connectivity index (χ4v) is 7.40. The molecule has 11 aromatic rings. The molecule has 8 heterocycles. The summed E-state index contributed by atoms with van der Waals surface area (Å²) in [6.07, 6.45) is 27.5. The van der Waals surface area contributed by atoms with E-state index in [-0.39, 0.29) is 6.07 Å². The van der Waals surface area contributed by atoms with Gasteiger partial charge in [-0.1, -0.05) is 103 Å². The number of rotatable bonds is 17. The number of aromatic nitrogens is 8. The largest absolute Gasteiger partial charge is 0.367 e. The zero-order valence-electron chi connectivity index (χ0n) is 41.7. The van der Waals surface area contributed by atoms with Gasteiger partial charge in [0.25, 0.3) is 0 Å². The molecule has 13 nitrogen and oxygen atoms in total. The van der Waals surface area contributed by atoms with Crippen molar-refractivity contribution < 1.29 is 23.8 Å². The van der Waals surface area contributed by atoms with Crippen LogP contribution in [0.25, 0.3) is 44.5 Å². The van der Waals surface area contributed by atoms with Gasteiger partial charge in [-0.3, -0.25) is 29.5 Å². The van der Waals surface area contributed by atoms with Crippen LogP contribution in [0, 0.1) is 0 Å². The maximum atomic E-state index is 11.2. The molecule has 0 atom stereocenters. The Kier molecular flexibility index (Phi) is 22.6. The van der Waals surface area contributed by atoms with Crippen LogP contribution in [0.3, 0.4) is 0 Å². The van der Waals surface area contributed by atoms with Crippen LogP contribution in [0.5, 0.6) is 0 Å². The van der Waals surface area contributed by atoms with Crippen molar-refractivity contribution in [3.05, 3.63) is 279 Å². The molecule has 76 heavy (non-hydrogen) atoms. The monoisotopic (exact) mass is 1030 g/mol. The van der Waals surface area contributed by atoms with E-state index in [4.69, 9.17) is 25.8 Å². The van der Waals surface area contributed by atoms with Gasteiger partial charge in [-0.15, -0.1) is 0 Å². The van der Waals surface area contributed by atoms with Crippen molar-refractivity contribution in [1.29, 1.82) is 0 Å². The summed E-state index contributed by atoms with van der Waals surface area (Å²) in [5.41, 5.74) is 13.4. The van der Waals surface area contributed by atoms with Crippen LogP contribution in [0.2, 0.25) is 0 Å². The van der Waals surface area contributed by atoms with Gasteiger partial charge in [0, 0.05) is 92.3 Å². The fraction of sp³-hybridized carbons (Fsp3) is 0.0968. The zero-order chi connectivity index (χ0) is 52.7. The van der Waals surface area contributed by atoms with Gasteiger partial charge in [0.05, 0.1) is 31.2 Å². The molecule has 8 aromatic heterocycles. The number of halogens is 1. The topological polar surface area (TPSA) is 155 Å². The third-order valence-electron chi connectivity index (χ3n) is 11.2. The lowest BCUT2D eigenvalue weighted by molar-refractivity contribution is 0.0623. The summed E-state index contributed by atoms with van der Waals surface area (Å²) in [5, 5.41) is 0. The number of pyridine rings is 4. The Hall–Kier alpha value is -9.11. The number of carbonyl (C=O) groups is 2. The predicted molar refractivity (Wildman–Crippen MR) is 299 cm³/mol. The number of benzene rings is 3. The Balaban J connectivity index is 0.000000143. The fourth-order valence-electron chi connectivity index (χ4n) is 7.32. The number of aromatic amines is 2. The van der Waals surface area contributed by atoms with E-state index in [0.717, 1.165) is 46.0 Å². The lowest BCUT2D eigenvalue weighted by Crippen LogP contribution is -2.04. The highest BCUT2D eigenvalue weighted by atomic mass is 35.5. The standard InChI is InChI=1S/C18H16N2O2.C17H16N2O.C10H8N2O.C9H8N2.C8H9ClO/c21-12-18-10-17(16-6-8-19-9-7-16)11-20(18)14-22-13-15-4-2-1-3-5-15;1-2-4-15(5-3-1)13-20-14-19-11-8-17(12-19)16-6-9-18-10-7-16;13-7-10-5-9(6-12-10)8-1-3-11-4-2-8;1-4-10-5-2-8(1)9-3-6-11-7-9;9-7-10-6-8-4-2-1-3-5-8/h1-12H,13-14H2;1-12H,13-14H2;1-7,12H;1-7,11H;1-5H,6-7H2. The highest BCUT2D eigenvalue weighted by Crippen LogP contribution is 2.22. The number of hydrogen-bond acceptors (Lipinski definition) is 9. The molecule has 0 fully saturated rings. The molecule has 0 unspecified atom stereocenters. The Morgan fingerprint density at radius 1 is 0.447 bits per heavy atom. The second-order valence-electron chi connectivity index (χ2n) is 16.5. The molecule has 0 bridgehead atoms. The van der Waals surface area contributed by atoms with Gasteiger partial charge in [0.15, 0.2) is 12.6 Å². The molecule has 14 heteroatoms. The highest BCUT2D eigenvalue weighted by molar-refractivity contribution is 6.17. The SMILES string of the molecule is ClCOCc1ccccc1.O=Cc1cc(-c2ccncc2)c[nH]1.O=Cc1cc(-c2ccncc2)cn1COCc1ccccc1.c1cc(-c2cc[nH]c2)ccn1.c1ccc(COCn2ccc(-c3ccncc3)c2)cc1. The van der Waals surface area contributed by atoms with E-state index in [9.17, 15) is 9.59 Å². The molecule has 3 aromatic carbocycles. The van der Waals surface area contributed by atoms with E-state index < -0.39 is 0 Å². The minimum Gasteiger partial charge on any atom is -0.367 e. The van der Waals surface area contributed by atoms with Crippen LogP contribution in [0.4, 0.5) is 0 Å². The summed E-state index contributed by atoms with van der Waals surface area (Å²) in [7, 11) is 0. The Labute approximate surface area is 447 Å². The smallest absolute Gasteiger partial charge is 0.166 e. The molecule has 0 radical (unpaired) electrons. The molecule has 11 rings (SSSR count). The minimum atomic E-state index is 0.259. The third-order valence-corrected chi connectivity index (χ3v) is 11.3. The predicted octanol–water partition coefficient (Wildman–Crippen LogP) is 13.6. The second-order valence-corrected chi connectivity index (χ2v) is 16.7. The molecular formula is C62H57ClN8O5. The average molecular weight is 1030 g/mol. The van der Waals surface area contributed by atoms with Crippen molar-refractivity contribution in [1.82, 2.24) is 39.0 Å². The third kappa shape index (κ3) is 18.4. The summed E-state index contributed by atoms with van der Waals surface area (Å²) < 4.78 is 20.2. The van der Waals surface area contributed by atoms with E-state index in [1.54, 1.807) is 55.8 Å². The lowest BCUT2D eigenvalue weighted by Gasteiger charge is -2.07. The van der Waals surface area contributed by atoms with Crippen LogP contribution in [0.15, 0.2) is 251 Å². The van der Waals surface area contributed by atoms with E-state index in [0.29, 0.717) is 44.7 Å². The summed E-state index contributed by atoms with van der Waals surface area (Å²) in [5.74, 6) is 0. The van der Waals surface area contributed by atoms with Crippen LogP contribution >= 0.6 is 11.6 Å². The molecule has 0 saturated carbocycles. The number of H-pyrrole nitrogens is 2. The van der Waals surface area contributed by atoms with Gasteiger partial charge >= 0.3 is 0 Å². The summed E-state index contributed by atoms with van der Waals surface area (Å²) in [6, 6.07) is 53.8. The van der Waals surface area contributed by atoms with Gasteiger partial charge in [0.2, 0.25) is 0 Å². The first kappa shape index (κ1) is 54.7. The van der Waals surface area contributed by atoms with E-state index >= 15 is 0 Å². The van der Waals surface area contributed by atoms with Crippen molar-refractivity contribution in [2.45, 2.75) is 33.3 Å². The van der Waals surface area contributed by atoms with Crippen molar-refractivity contribution >= 4 is 24.2 Å². The number of carbonyl (C=O) groups excluding carboxylic acids is 2. The Morgan fingerprint density at radius 2 is 0.921 bits per heavy atom. The molecule has 0 saturated heterocycles. The number of ether oxygens (including phenoxy) is 3. The number of aldehydes is 2. The second kappa shape index (κ2) is 31.5. The summed E-state index contributed by atoms with van der Waals surface area (Å²) in [6.45, 7) is 2.64. The van der Waals surface area contributed by atoms with E-state index in [2.05, 4.69) is 54.3 Å². The molecule has 0 amide bonds. The highest BCUT2D eigenvalue weighted by Gasteiger charge is 2.08. The Bertz CT molecular complexity index is 3270. The van der Waals surface area contributed by atoms with Crippen LogP contribution in [0.1, 0.15) is 37.7 Å². The van der Waals surface area contributed by atoms with Crippen LogP contribution in [-0.4, -0.2) is 57.7 Å². The van der Waals surface area contributed by atoms with Gasteiger partial charge in [-0.05, 0) is 128 Å². The van der Waals surface area contributed by atoms with Gasteiger partial charge < -0.3 is 33.3 Å². The first-order valence-electron chi connectivity index (χ1n) is 24.2. The van der Waals surface area contributed by atoms with Crippen molar-refractivity contribution in [3.63, 3.8) is 0 Å². The molecule has 0 aliphatic heterocycles. The van der Waals surface area contributed by atoms with Crippen LogP contribution < -0.4 is 0 Å². The summed E-state index contributed by atoms with van der Waals surface area (Å²) >= 11 is 5.33. The quantitative estimate of drug-likeness (QED) is 0.0670. The van der Waals surface area contributed by atoms with Crippen molar-refractivity contribution in [3.8, 4) is 44.5 Å². The average Bonchev–Trinajstić information content (AvgIpc) is 4.37. The summed E-state index contributed by atoms with van der Waals surface area (Å²) in [4.78, 5) is 43.4. The van der Waals surface area contributed by atoms with Gasteiger partial charge in [-0.25, -0.2) is 0 Å². The normalized spacial score (nSPS) is 10.2. The van der Waals surface area contributed by atoms with Crippen LogP contribution in [-0.2, 0) is 47.5 Å². The van der Waals surface area contributed by atoms with E-state index in [1.165, 1.54) is 27.8 Å².